The van der Waals surface area contributed by atoms with Crippen molar-refractivity contribution in [1.29, 1.82) is 0 Å². The number of urea groups is 1. The Bertz CT molecular complexity index is 1210. The summed E-state index contributed by atoms with van der Waals surface area (Å²) in [6.07, 6.45) is 0.645. The second-order valence-corrected chi connectivity index (χ2v) is 8.29. The Labute approximate surface area is 174 Å². The van der Waals surface area contributed by atoms with Gasteiger partial charge in [-0.3, -0.25) is 4.79 Å². The molecule has 29 heavy (non-hydrogen) atoms. The van der Waals surface area contributed by atoms with Crippen molar-refractivity contribution in [2.75, 3.05) is 11.9 Å². The number of anilines is 1. The predicted molar refractivity (Wildman–Crippen MR) is 118 cm³/mol. The van der Waals surface area contributed by atoms with Gasteiger partial charge in [0.2, 0.25) is 0 Å². The summed E-state index contributed by atoms with van der Waals surface area (Å²) < 4.78 is 2.12. The highest BCUT2D eigenvalue weighted by atomic mass is 35.5. The molecule has 1 aromatic heterocycles. The van der Waals surface area contributed by atoms with E-state index in [0.29, 0.717) is 35.8 Å². The van der Waals surface area contributed by atoms with Crippen LogP contribution in [0.25, 0.3) is 10.9 Å². The first-order valence-corrected chi connectivity index (χ1v) is 10.1. The first-order chi connectivity index (χ1) is 13.8. The van der Waals surface area contributed by atoms with Gasteiger partial charge in [0.05, 0.1) is 12.1 Å². The van der Waals surface area contributed by atoms with Crippen LogP contribution >= 0.6 is 11.6 Å². The van der Waals surface area contributed by atoms with Crippen LogP contribution in [0.1, 0.15) is 27.9 Å². The molecule has 5 nitrogen and oxygen atoms in total. The molecule has 0 radical (unpaired) electrons. The molecule has 6 heteroatoms. The zero-order valence-electron chi connectivity index (χ0n) is 17.1. The van der Waals surface area contributed by atoms with Gasteiger partial charge in [0.25, 0.3) is 0 Å². The number of hydrogen-bond acceptors (Lipinski definition) is 2. The van der Waals surface area contributed by atoms with Crippen LogP contribution in [0, 0.1) is 20.8 Å². The van der Waals surface area contributed by atoms with Gasteiger partial charge in [-0.15, -0.1) is 0 Å². The molecule has 0 saturated heterocycles. The average molecular weight is 410 g/mol. The third-order valence-corrected chi connectivity index (χ3v) is 5.98. The summed E-state index contributed by atoms with van der Waals surface area (Å²) >= 11 is 6.06. The minimum absolute atomic E-state index is 0.0244. The van der Waals surface area contributed by atoms with E-state index in [0.717, 1.165) is 33.3 Å². The fraction of sp³-hybridized carbons (Fsp3) is 0.304. The van der Waals surface area contributed by atoms with E-state index in [1.165, 1.54) is 0 Å². The molecule has 1 aliphatic heterocycles. The highest BCUT2D eigenvalue weighted by Gasteiger charge is 2.26. The Morgan fingerprint density at radius 3 is 2.62 bits per heavy atom. The maximum Gasteiger partial charge on any atom is 0.322 e. The molecule has 3 aromatic rings. The maximum atomic E-state index is 13.3. The van der Waals surface area contributed by atoms with Crippen LogP contribution in [0.5, 0.6) is 0 Å². The molecular formula is C23H24ClN3O2. The van der Waals surface area contributed by atoms with E-state index in [1.54, 1.807) is 17.0 Å². The number of carbonyl (C=O) groups is 1. The standard InChI is InChI=1S/C23H24ClN3O2/c1-13-9-15(3)21-17(10-13)22(28)18-12-27(8-7-20(18)26(21)4)23(29)25-19-11-16(24)6-5-14(19)2/h5-6,9-11H,7-8,12H2,1-4H3,(H,25,29). The smallest absolute Gasteiger partial charge is 0.322 e. The van der Waals surface area contributed by atoms with Gasteiger partial charge in [-0.1, -0.05) is 23.7 Å². The Morgan fingerprint density at radius 2 is 1.86 bits per heavy atom. The first kappa shape index (κ1) is 19.5. The first-order valence-electron chi connectivity index (χ1n) is 9.70. The van der Waals surface area contributed by atoms with Gasteiger partial charge < -0.3 is 14.8 Å². The topological polar surface area (TPSA) is 54.3 Å². The Hall–Kier alpha value is -2.79. The number of amides is 2. The van der Waals surface area contributed by atoms with Crippen molar-refractivity contribution in [2.45, 2.75) is 33.7 Å². The summed E-state index contributed by atoms with van der Waals surface area (Å²) in [7, 11) is 2.01. The second kappa shape index (κ2) is 7.23. The molecule has 0 aliphatic carbocycles. The molecule has 2 heterocycles. The average Bonchev–Trinajstić information content (AvgIpc) is 2.68. The molecule has 4 rings (SSSR count). The third kappa shape index (κ3) is 3.40. The Morgan fingerprint density at radius 1 is 1.10 bits per heavy atom. The maximum absolute atomic E-state index is 13.3. The van der Waals surface area contributed by atoms with Crippen molar-refractivity contribution in [3.63, 3.8) is 0 Å². The molecule has 2 aromatic carbocycles. The number of fused-ring (bicyclic) bond motifs is 2. The number of carbonyl (C=O) groups excluding carboxylic acids is 1. The lowest BCUT2D eigenvalue weighted by Gasteiger charge is -2.31. The molecule has 1 N–H and O–H groups in total. The van der Waals surface area contributed by atoms with Crippen LogP contribution in [-0.2, 0) is 20.0 Å². The van der Waals surface area contributed by atoms with Crippen LogP contribution in [0.15, 0.2) is 35.1 Å². The van der Waals surface area contributed by atoms with E-state index in [1.807, 2.05) is 40.0 Å². The van der Waals surface area contributed by atoms with Crippen LogP contribution < -0.4 is 10.7 Å². The SMILES string of the molecule is Cc1cc(C)c2c(c1)c(=O)c1c(n2C)CCN(C(=O)Nc2cc(Cl)ccc2C)C1. The fourth-order valence-corrected chi connectivity index (χ4v) is 4.47. The van der Waals surface area contributed by atoms with Crippen LogP contribution in [0.3, 0.4) is 0 Å². The third-order valence-electron chi connectivity index (χ3n) is 5.75. The van der Waals surface area contributed by atoms with Crippen LogP contribution in [0.2, 0.25) is 5.02 Å². The zero-order chi connectivity index (χ0) is 20.9. The van der Waals surface area contributed by atoms with Crippen LogP contribution in [0.4, 0.5) is 10.5 Å². The quantitative estimate of drug-likeness (QED) is 0.633. The Balaban J connectivity index is 1.70. The summed E-state index contributed by atoms with van der Waals surface area (Å²) in [6.45, 7) is 6.82. The number of nitrogens with zero attached hydrogens (tertiary/aromatic N) is 2. The Kier molecular flexibility index (Phi) is 4.87. The van der Waals surface area contributed by atoms with Gasteiger partial charge in [-0.25, -0.2) is 4.79 Å². The molecule has 0 unspecified atom stereocenters. The predicted octanol–water partition coefficient (Wildman–Crippen LogP) is 4.71. The summed E-state index contributed by atoms with van der Waals surface area (Å²) in [6, 6.07) is 9.23. The van der Waals surface area contributed by atoms with Gasteiger partial charge in [-0.05, 0) is 55.7 Å². The minimum atomic E-state index is -0.219. The van der Waals surface area contributed by atoms with Crippen molar-refractivity contribution in [2.24, 2.45) is 7.05 Å². The number of halogens is 1. The number of hydrogen-bond donors (Lipinski definition) is 1. The van der Waals surface area contributed by atoms with Crippen molar-refractivity contribution >= 4 is 34.2 Å². The fourth-order valence-electron chi connectivity index (χ4n) is 4.30. The number of nitrogens with one attached hydrogen (secondary N) is 1. The highest BCUT2D eigenvalue weighted by molar-refractivity contribution is 6.31. The van der Waals surface area contributed by atoms with Gasteiger partial charge in [0.15, 0.2) is 5.43 Å². The number of aromatic nitrogens is 1. The van der Waals surface area contributed by atoms with E-state index in [-0.39, 0.29) is 11.5 Å². The van der Waals surface area contributed by atoms with Crippen molar-refractivity contribution in [3.8, 4) is 0 Å². The largest absolute Gasteiger partial charge is 0.347 e. The van der Waals surface area contributed by atoms with Gasteiger partial charge in [0.1, 0.15) is 0 Å². The molecular weight excluding hydrogens is 386 g/mol. The second-order valence-electron chi connectivity index (χ2n) is 7.85. The number of pyridine rings is 1. The van der Waals surface area contributed by atoms with Gasteiger partial charge in [-0.2, -0.15) is 0 Å². The van der Waals surface area contributed by atoms with E-state index in [2.05, 4.69) is 16.0 Å². The van der Waals surface area contributed by atoms with Crippen LogP contribution in [-0.4, -0.2) is 22.0 Å². The zero-order valence-corrected chi connectivity index (χ0v) is 17.9. The lowest BCUT2D eigenvalue weighted by molar-refractivity contribution is 0.205. The van der Waals surface area contributed by atoms with Gasteiger partial charge >= 0.3 is 6.03 Å². The number of benzene rings is 2. The molecule has 2 amide bonds. The number of aryl methyl sites for hydroxylation is 4. The van der Waals surface area contributed by atoms with Crippen molar-refractivity contribution in [1.82, 2.24) is 9.47 Å². The van der Waals surface area contributed by atoms with E-state index in [9.17, 15) is 9.59 Å². The molecule has 0 fully saturated rings. The molecule has 0 bridgehead atoms. The molecule has 150 valence electrons. The van der Waals surface area contributed by atoms with E-state index in [4.69, 9.17) is 11.6 Å². The van der Waals surface area contributed by atoms with Gasteiger partial charge in [0, 0.05) is 47.4 Å². The number of rotatable bonds is 1. The summed E-state index contributed by atoms with van der Waals surface area (Å²) in [5.74, 6) is 0. The summed E-state index contributed by atoms with van der Waals surface area (Å²) in [5.41, 5.74) is 6.50. The lowest BCUT2D eigenvalue weighted by Crippen LogP contribution is -2.42. The van der Waals surface area contributed by atoms with E-state index >= 15 is 0 Å². The molecule has 0 saturated carbocycles. The van der Waals surface area contributed by atoms with Crippen molar-refractivity contribution < 1.29 is 4.79 Å². The summed E-state index contributed by atoms with van der Waals surface area (Å²) in [5, 5.41) is 4.22. The monoisotopic (exact) mass is 409 g/mol. The van der Waals surface area contributed by atoms with Crippen molar-refractivity contribution in [3.05, 3.63) is 73.5 Å². The highest BCUT2D eigenvalue weighted by Crippen LogP contribution is 2.25. The normalized spacial score (nSPS) is 13.5. The molecule has 0 spiro atoms. The molecule has 0 atom stereocenters. The lowest BCUT2D eigenvalue weighted by atomic mass is 9.98. The van der Waals surface area contributed by atoms with E-state index < -0.39 is 0 Å². The molecule has 1 aliphatic rings. The minimum Gasteiger partial charge on any atom is -0.347 e. The summed E-state index contributed by atoms with van der Waals surface area (Å²) in [4.78, 5) is 27.8.